The van der Waals surface area contributed by atoms with E-state index in [4.69, 9.17) is 0 Å². The zero-order valence-corrected chi connectivity index (χ0v) is 5.12. The average molecular weight is 116 g/mol. The van der Waals surface area contributed by atoms with E-state index in [0.29, 0.717) is 0 Å². The lowest BCUT2D eigenvalue weighted by Crippen LogP contribution is -0.576. The fourth-order valence-electron chi connectivity index (χ4n) is 0. The summed E-state index contributed by atoms with van der Waals surface area (Å²) in [5, 5.41) is 0. The Balaban J connectivity index is -0.00000000762. The summed E-state index contributed by atoms with van der Waals surface area (Å²) in [6.07, 6.45) is 32.0. The van der Waals surface area contributed by atoms with Crippen molar-refractivity contribution in [2.45, 2.75) is 0 Å². The molecule has 0 saturated carbocycles. The molecule has 0 bridgehead atoms. The lowest BCUT2D eigenvalue weighted by molar-refractivity contribution is 3.24. The van der Waals surface area contributed by atoms with Gasteiger partial charge in [-0.1, -0.05) is 0 Å². The van der Waals surface area contributed by atoms with Gasteiger partial charge in [0, 0.05) is 7.43 Å². The summed E-state index contributed by atoms with van der Waals surface area (Å²) in [6, 6.07) is 0. The molecule has 0 N–H and O–H groups in total. The minimum Gasteiger partial charge on any atom is -0.124 e. The zero-order chi connectivity index (χ0) is 8.00. The van der Waals surface area contributed by atoms with Gasteiger partial charge in [-0.25, -0.2) is 0 Å². The number of hydrogen-bond acceptors (Lipinski definition) is 0. The lowest BCUT2D eigenvalue weighted by atomic mass is 11.4. The fraction of sp³-hybridized carbons (Fsp3) is 0. The molecular formula is C9H8. The molecule has 0 fully saturated rings. The first-order chi connectivity index (χ1) is 4.00. The third-order valence-electron chi connectivity index (χ3n) is 0. The van der Waals surface area contributed by atoms with Gasteiger partial charge in [0.05, 0.1) is 0 Å². The van der Waals surface area contributed by atoms with Gasteiger partial charge in [-0.2, -0.15) is 0 Å². The summed E-state index contributed by atoms with van der Waals surface area (Å²) in [6.45, 7) is 0. The molecule has 0 spiro atoms. The van der Waals surface area contributed by atoms with Crippen LogP contribution in [0.3, 0.4) is 0 Å². The molecule has 0 amide bonds. The fourth-order valence-corrected chi connectivity index (χ4v) is 0. The summed E-state index contributed by atoms with van der Waals surface area (Å²) >= 11 is 0. The van der Waals surface area contributed by atoms with Crippen LogP contribution in [0.2, 0.25) is 0 Å². The average Bonchev–Trinajstić information content (AvgIpc) is 2.03. The van der Waals surface area contributed by atoms with Crippen molar-refractivity contribution in [3.63, 3.8) is 0 Å². The topological polar surface area (TPSA) is 0 Å². The minimum absolute atomic E-state index is 0. The normalized spacial score (nSPS) is 0.889. The molecule has 4 radical (unpaired) electrons. The van der Waals surface area contributed by atoms with Gasteiger partial charge in [-0.05, 0) is 0 Å². The van der Waals surface area contributed by atoms with E-state index in [9.17, 15) is 0 Å². The van der Waals surface area contributed by atoms with Crippen LogP contribution in [-0.2, 0) is 0 Å². The van der Waals surface area contributed by atoms with Gasteiger partial charge in [-0.3, -0.25) is 0 Å². The number of rotatable bonds is 0. The first kappa shape index (κ1) is 56.2. The van der Waals surface area contributed by atoms with Crippen molar-refractivity contribution in [1.82, 2.24) is 0 Å². The van der Waals surface area contributed by atoms with E-state index in [2.05, 4.69) is 51.4 Å². The molecule has 0 aromatic carbocycles. The van der Waals surface area contributed by atoms with E-state index < -0.39 is 0 Å². The summed E-state index contributed by atoms with van der Waals surface area (Å²) in [7, 11) is 0. The predicted octanol–water partition coefficient (Wildman–Crippen LogP) is 1.08. The second kappa shape index (κ2) is 55.3. The van der Waals surface area contributed by atoms with E-state index >= 15 is 0 Å². The molecule has 9 heavy (non-hydrogen) atoms. The minimum atomic E-state index is 0. The smallest absolute Gasteiger partial charge is 0 e. The molecule has 0 unspecified atom stereocenters. The van der Waals surface area contributed by atoms with Gasteiger partial charge in [0.25, 0.3) is 0 Å². The molecule has 0 aromatic heterocycles. The zero-order valence-electron chi connectivity index (χ0n) is 5.12. The Kier molecular flexibility index (Phi) is 345. The summed E-state index contributed by atoms with van der Waals surface area (Å²) in [5.41, 5.74) is 0. The first-order valence-corrected chi connectivity index (χ1v) is 1.33. The summed E-state index contributed by atoms with van der Waals surface area (Å²) in [4.78, 5) is 0. The van der Waals surface area contributed by atoms with E-state index in [-0.39, 0.29) is 7.43 Å². The standard InChI is InChI=1S/4C2H2.C/c4*1-2;/h4*1-2H;. The second-order valence-corrected chi connectivity index (χ2v) is 0. The highest BCUT2D eigenvalue weighted by molar-refractivity contribution is 4.47. The Hall–Kier alpha value is -1.76. The molecule has 0 heterocycles. The molecule has 0 aliphatic heterocycles. The van der Waals surface area contributed by atoms with Crippen molar-refractivity contribution in [3.05, 3.63) is 7.43 Å². The van der Waals surface area contributed by atoms with E-state index in [0.717, 1.165) is 0 Å². The number of hydrogen-bond donors (Lipinski definition) is 0. The highest BCUT2D eigenvalue weighted by Gasteiger charge is 0.460. The van der Waals surface area contributed by atoms with Crippen molar-refractivity contribution in [2.75, 3.05) is 0 Å². The molecule has 0 heteroatoms. The molecule has 0 aliphatic rings. The Morgan fingerprint density at radius 1 is 0.333 bits per heavy atom. The Labute approximate surface area is 59.7 Å². The van der Waals surface area contributed by atoms with Crippen LogP contribution in [0.25, 0.3) is 0 Å². The predicted molar refractivity (Wildman–Crippen MR) is 42.8 cm³/mol. The van der Waals surface area contributed by atoms with Crippen LogP contribution in [-0.4, -0.2) is 0 Å². The quantitative estimate of drug-likeness (QED) is 0.415. The molecule has 0 aromatic rings. The van der Waals surface area contributed by atoms with Crippen molar-refractivity contribution >= 4 is 0 Å². The van der Waals surface area contributed by atoms with Crippen molar-refractivity contribution in [1.29, 1.82) is 0 Å². The van der Waals surface area contributed by atoms with Crippen LogP contribution in [0, 0.1) is 58.8 Å². The van der Waals surface area contributed by atoms with Crippen molar-refractivity contribution in [2.24, 2.45) is 0 Å². The molecule has 44 valence electrons. The molecule has 0 rings (SSSR count). The lowest BCUT2D eigenvalue weighted by Gasteiger charge is -0.701. The monoisotopic (exact) mass is 116 g/mol. The third kappa shape index (κ3) is 36.2. The van der Waals surface area contributed by atoms with E-state index in [1.165, 1.54) is 0 Å². The molecule has 0 atom stereocenters. The maximum absolute atomic E-state index is 4.00. The summed E-state index contributed by atoms with van der Waals surface area (Å²) in [5.74, 6) is 0. The Bertz CT molecular complexity index is 43.0. The van der Waals surface area contributed by atoms with Crippen LogP contribution in [0.1, 0.15) is 0 Å². The molecule has 0 nitrogen and oxygen atoms in total. The highest BCUT2D eigenvalue weighted by atomic mass is 12.6. The second-order valence-electron chi connectivity index (χ2n) is 0. The largest absolute Gasteiger partial charge is 0.124 e. The maximum atomic E-state index is 4.00. The highest BCUT2D eigenvalue weighted by Crippen LogP contribution is 0.585. The molecular weight excluding hydrogens is 108 g/mol. The van der Waals surface area contributed by atoms with Gasteiger partial charge in [-0.15, -0.1) is 51.4 Å². The summed E-state index contributed by atoms with van der Waals surface area (Å²) < 4.78 is 0. The molecule has 0 saturated heterocycles. The Morgan fingerprint density at radius 3 is 0.333 bits per heavy atom. The van der Waals surface area contributed by atoms with Gasteiger partial charge in [0.2, 0.25) is 0 Å². The van der Waals surface area contributed by atoms with E-state index in [1.54, 1.807) is 0 Å². The van der Waals surface area contributed by atoms with Gasteiger partial charge >= 0.3 is 0 Å². The SMILES string of the molecule is C#C.C#C.C#C.C#C.[C]. The number of terminal acetylenes is 4. The van der Waals surface area contributed by atoms with Gasteiger partial charge in [0.15, 0.2) is 0 Å². The van der Waals surface area contributed by atoms with Crippen LogP contribution in [0.15, 0.2) is 0 Å². The van der Waals surface area contributed by atoms with Crippen molar-refractivity contribution < 1.29 is 0 Å². The van der Waals surface area contributed by atoms with Crippen LogP contribution < -0.4 is 0 Å². The van der Waals surface area contributed by atoms with E-state index in [1.807, 2.05) is 0 Å². The van der Waals surface area contributed by atoms with Crippen LogP contribution in [0.4, 0.5) is 0 Å². The van der Waals surface area contributed by atoms with Crippen molar-refractivity contribution in [3.8, 4) is 51.4 Å². The maximum Gasteiger partial charge on any atom is 0 e. The first-order valence-electron chi connectivity index (χ1n) is 1.33. The van der Waals surface area contributed by atoms with Crippen LogP contribution >= 0.6 is 0 Å². The van der Waals surface area contributed by atoms with Gasteiger partial charge < -0.3 is 0 Å². The third-order valence-corrected chi connectivity index (χ3v) is 0. The van der Waals surface area contributed by atoms with Crippen LogP contribution in [0.5, 0.6) is 0 Å². The molecule has 0 aliphatic carbocycles. The Morgan fingerprint density at radius 2 is 0.333 bits per heavy atom. The van der Waals surface area contributed by atoms with Gasteiger partial charge in [0.1, 0.15) is 0 Å².